The summed E-state index contributed by atoms with van der Waals surface area (Å²) >= 11 is 0. The molecule has 0 radical (unpaired) electrons. The zero-order chi connectivity index (χ0) is 19.3. The van der Waals surface area contributed by atoms with Crippen molar-refractivity contribution in [2.24, 2.45) is 4.99 Å². The van der Waals surface area contributed by atoms with Crippen LogP contribution >= 0.6 is 0 Å². The van der Waals surface area contributed by atoms with E-state index in [0.717, 1.165) is 5.56 Å². The molecule has 0 amide bonds. The van der Waals surface area contributed by atoms with Gasteiger partial charge in [-0.25, -0.2) is 12.8 Å². The maximum absolute atomic E-state index is 12.9. The molecule has 0 fully saturated rings. The maximum Gasteiger partial charge on any atom is 0.261 e. The summed E-state index contributed by atoms with van der Waals surface area (Å²) in [7, 11) is -2.18. The van der Waals surface area contributed by atoms with Crippen molar-refractivity contribution in [2.45, 2.75) is 4.90 Å². The van der Waals surface area contributed by atoms with Crippen molar-refractivity contribution in [2.75, 3.05) is 11.8 Å². The molecule has 5 nitrogen and oxygen atoms in total. The normalized spacial score (nSPS) is 11.5. The quantitative estimate of drug-likeness (QED) is 0.641. The van der Waals surface area contributed by atoms with Crippen LogP contribution in [0.4, 0.5) is 15.8 Å². The topological polar surface area (TPSA) is 67.8 Å². The van der Waals surface area contributed by atoms with Gasteiger partial charge in [-0.3, -0.25) is 9.71 Å². The summed E-state index contributed by atoms with van der Waals surface area (Å²) in [5, 5.41) is 0. The molecular weight excluding hydrogens is 367 g/mol. The van der Waals surface area contributed by atoms with Gasteiger partial charge >= 0.3 is 0 Å². The molecule has 7 heteroatoms. The first-order valence-corrected chi connectivity index (χ1v) is 9.52. The van der Waals surface area contributed by atoms with E-state index in [-0.39, 0.29) is 10.6 Å². The summed E-state index contributed by atoms with van der Waals surface area (Å²) in [4.78, 5) is 4.43. The third-order valence-electron chi connectivity index (χ3n) is 3.74. The molecule has 0 heterocycles. The number of aliphatic imine (C=N–C) groups is 1. The highest BCUT2D eigenvalue weighted by atomic mass is 32.2. The molecule has 0 atom stereocenters. The molecule has 0 aliphatic heterocycles. The highest BCUT2D eigenvalue weighted by Gasteiger charge is 2.14. The second kappa shape index (κ2) is 8.01. The van der Waals surface area contributed by atoms with Gasteiger partial charge in [-0.2, -0.15) is 0 Å². The molecule has 0 aliphatic carbocycles. The molecule has 0 aromatic heterocycles. The van der Waals surface area contributed by atoms with Gasteiger partial charge < -0.3 is 4.74 Å². The average Bonchev–Trinajstić information content (AvgIpc) is 2.68. The van der Waals surface area contributed by atoms with Crippen LogP contribution in [-0.2, 0) is 10.0 Å². The fourth-order valence-corrected chi connectivity index (χ4v) is 3.42. The predicted octanol–water partition coefficient (Wildman–Crippen LogP) is 4.39. The molecule has 27 heavy (non-hydrogen) atoms. The van der Waals surface area contributed by atoms with Gasteiger partial charge in [0, 0.05) is 17.5 Å². The zero-order valence-electron chi connectivity index (χ0n) is 14.5. The standard InChI is InChI=1S/C20H17FN2O3S/c1-26-20-5-3-2-4-15(20)14-22-17-10-12-19(13-11-17)27(24,25)23-18-8-6-16(21)7-9-18/h2-14,23H,1H3. The Morgan fingerprint density at radius 1 is 0.963 bits per heavy atom. The first kappa shape index (κ1) is 18.6. The minimum Gasteiger partial charge on any atom is -0.496 e. The number of ether oxygens (including phenoxy) is 1. The van der Waals surface area contributed by atoms with E-state index in [9.17, 15) is 12.8 Å². The summed E-state index contributed by atoms with van der Waals surface area (Å²) in [5.74, 6) is 0.263. The van der Waals surface area contributed by atoms with E-state index >= 15 is 0 Å². The van der Waals surface area contributed by atoms with E-state index in [0.29, 0.717) is 11.4 Å². The van der Waals surface area contributed by atoms with Crippen molar-refractivity contribution in [3.05, 3.63) is 84.2 Å². The summed E-state index contributed by atoms with van der Waals surface area (Å²) in [6, 6.07) is 18.7. The lowest BCUT2D eigenvalue weighted by Crippen LogP contribution is -2.12. The lowest BCUT2D eigenvalue weighted by atomic mass is 10.2. The number of anilines is 1. The number of hydrogen-bond acceptors (Lipinski definition) is 4. The van der Waals surface area contributed by atoms with Crippen molar-refractivity contribution in [1.82, 2.24) is 0 Å². The highest BCUT2D eigenvalue weighted by molar-refractivity contribution is 7.92. The second-order valence-electron chi connectivity index (χ2n) is 5.61. The Labute approximate surface area is 157 Å². The SMILES string of the molecule is COc1ccccc1C=Nc1ccc(S(=O)(=O)Nc2ccc(F)cc2)cc1. The number of halogens is 1. The molecule has 3 aromatic rings. The van der Waals surface area contributed by atoms with Gasteiger partial charge in [-0.1, -0.05) is 12.1 Å². The van der Waals surface area contributed by atoms with Gasteiger partial charge in [-0.15, -0.1) is 0 Å². The van der Waals surface area contributed by atoms with Gasteiger partial charge in [0.05, 0.1) is 17.7 Å². The van der Waals surface area contributed by atoms with Crippen LogP contribution in [0.3, 0.4) is 0 Å². The minimum atomic E-state index is -3.77. The smallest absolute Gasteiger partial charge is 0.261 e. The molecule has 0 bridgehead atoms. The fourth-order valence-electron chi connectivity index (χ4n) is 2.36. The van der Waals surface area contributed by atoms with Gasteiger partial charge in [-0.05, 0) is 60.7 Å². The number of nitrogens with zero attached hydrogens (tertiary/aromatic N) is 1. The van der Waals surface area contributed by atoms with Crippen LogP contribution in [0.1, 0.15) is 5.56 Å². The van der Waals surface area contributed by atoms with Crippen molar-refractivity contribution in [1.29, 1.82) is 0 Å². The molecule has 1 N–H and O–H groups in total. The van der Waals surface area contributed by atoms with Crippen LogP contribution in [0.5, 0.6) is 5.75 Å². The van der Waals surface area contributed by atoms with Gasteiger partial charge in [0.2, 0.25) is 0 Å². The predicted molar refractivity (Wildman–Crippen MR) is 104 cm³/mol. The molecule has 0 unspecified atom stereocenters. The third-order valence-corrected chi connectivity index (χ3v) is 5.13. The second-order valence-corrected chi connectivity index (χ2v) is 7.29. The summed E-state index contributed by atoms with van der Waals surface area (Å²) < 4.78 is 45.4. The van der Waals surface area contributed by atoms with E-state index in [1.165, 1.54) is 36.4 Å². The number of nitrogens with one attached hydrogen (secondary N) is 1. The number of sulfonamides is 1. The van der Waals surface area contributed by atoms with Crippen LogP contribution < -0.4 is 9.46 Å². The number of rotatable bonds is 6. The lowest BCUT2D eigenvalue weighted by molar-refractivity contribution is 0.414. The Morgan fingerprint density at radius 2 is 1.63 bits per heavy atom. The van der Waals surface area contributed by atoms with E-state index in [2.05, 4.69) is 9.71 Å². The Bertz CT molecular complexity index is 1050. The Hall–Kier alpha value is -3.19. The first-order chi connectivity index (χ1) is 13.0. The van der Waals surface area contributed by atoms with E-state index in [1.54, 1.807) is 25.5 Å². The summed E-state index contributed by atoms with van der Waals surface area (Å²) in [6.07, 6.45) is 1.65. The van der Waals surface area contributed by atoms with E-state index < -0.39 is 15.8 Å². The average molecular weight is 384 g/mol. The van der Waals surface area contributed by atoms with E-state index in [4.69, 9.17) is 4.74 Å². The molecule has 0 saturated heterocycles. The molecule has 0 aliphatic rings. The molecular formula is C20H17FN2O3S. The zero-order valence-corrected chi connectivity index (χ0v) is 15.3. The van der Waals surface area contributed by atoms with Crippen LogP contribution in [-0.4, -0.2) is 21.7 Å². The van der Waals surface area contributed by atoms with Crippen molar-refractivity contribution in [3.63, 3.8) is 0 Å². The third kappa shape index (κ3) is 4.71. The number of para-hydroxylation sites is 1. The van der Waals surface area contributed by atoms with E-state index in [1.807, 2.05) is 24.3 Å². The number of hydrogen-bond donors (Lipinski definition) is 1. The monoisotopic (exact) mass is 384 g/mol. The molecule has 138 valence electrons. The van der Waals surface area contributed by atoms with Crippen molar-refractivity contribution >= 4 is 27.6 Å². The Kier molecular flexibility index (Phi) is 5.52. The van der Waals surface area contributed by atoms with Crippen LogP contribution in [0.15, 0.2) is 82.7 Å². The Balaban J connectivity index is 1.76. The number of methoxy groups -OCH3 is 1. The summed E-state index contributed by atoms with van der Waals surface area (Å²) in [6.45, 7) is 0. The van der Waals surface area contributed by atoms with Crippen LogP contribution in [0.2, 0.25) is 0 Å². The van der Waals surface area contributed by atoms with Crippen LogP contribution in [0, 0.1) is 5.82 Å². The fraction of sp³-hybridized carbons (Fsp3) is 0.0500. The minimum absolute atomic E-state index is 0.0862. The summed E-state index contributed by atoms with van der Waals surface area (Å²) in [5.41, 5.74) is 1.70. The largest absolute Gasteiger partial charge is 0.496 e. The highest BCUT2D eigenvalue weighted by Crippen LogP contribution is 2.21. The lowest BCUT2D eigenvalue weighted by Gasteiger charge is -2.08. The molecule has 3 rings (SSSR count). The first-order valence-electron chi connectivity index (χ1n) is 8.03. The van der Waals surface area contributed by atoms with Gasteiger partial charge in [0.25, 0.3) is 10.0 Å². The van der Waals surface area contributed by atoms with Crippen molar-refractivity contribution in [3.8, 4) is 5.75 Å². The van der Waals surface area contributed by atoms with Crippen LogP contribution in [0.25, 0.3) is 0 Å². The van der Waals surface area contributed by atoms with Gasteiger partial charge in [0.15, 0.2) is 0 Å². The Morgan fingerprint density at radius 3 is 2.30 bits per heavy atom. The number of benzene rings is 3. The maximum atomic E-state index is 12.9. The molecule has 3 aromatic carbocycles. The van der Waals surface area contributed by atoms with Crippen molar-refractivity contribution < 1.29 is 17.5 Å². The molecule has 0 spiro atoms. The van der Waals surface area contributed by atoms with Gasteiger partial charge in [0.1, 0.15) is 11.6 Å². The molecule has 0 saturated carbocycles.